The van der Waals surface area contributed by atoms with Gasteiger partial charge in [0.15, 0.2) is 11.5 Å². The molecule has 2 aromatic carbocycles. The van der Waals surface area contributed by atoms with Crippen LogP contribution in [0.1, 0.15) is 22.8 Å². The molecule has 1 aliphatic rings. The quantitative estimate of drug-likeness (QED) is 0.766. The second-order valence-corrected chi connectivity index (χ2v) is 5.49. The molecule has 7 heteroatoms. The Bertz CT molecular complexity index is 787. The molecule has 3 rings (SSSR count). The summed E-state index contributed by atoms with van der Waals surface area (Å²) in [7, 11) is 0. The lowest BCUT2D eigenvalue weighted by atomic mass is 10.2. The molecule has 1 N–H and O–H groups in total. The van der Waals surface area contributed by atoms with Gasteiger partial charge < -0.3 is 24.3 Å². The standard InChI is InChI=1S/C19H19NO6/c1-2-23-15-6-4-14(5-7-15)19(22)20-10-18(21)24-11-13-3-8-16-17(9-13)26-12-25-16/h3-9H,2,10-12H2,1H3,(H,20,22). The van der Waals surface area contributed by atoms with Gasteiger partial charge >= 0.3 is 5.97 Å². The van der Waals surface area contributed by atoms with Crippen LogP contribution in [0.25, 0.3) is 0 Å². The van der Waals surface area contributed by atoms with E-state index in [-0.39, 0.29) is 25.9 Å². The summed E-state index contributed by atoms with van der Waals surface area (Å²) in [5.74, 6) is 1.10. The SMILES string of the molecule is CCOc1ccc(C(=O)NCC(=O)OCc2ccc3c(c2)OCO3)cc1. The monoisotopic (exact) mass is 357 g/mol. The average molecular weight is 357 g/mol. The summed E-state index contributed by atoms with van der Waals surface area (Å²) in [6, 6.07) is 12.0. The summed E-state index contributed by atoms with van der Waals surface area (Å²) in [5.41, 5.74) is 1.22. The number of carbonyl (C=O) groups excluding carboxylic acids is 2. The van der Waals surface area contributed by atoms with Crippen LogP contribution in [0.4, 0.5) is 0 Å². The first-order valence-corrected chi connectivity index (χ1v) is 8.21. The van der Waals surface area contributed by atoms with Gasteiger partial charge in [-0.05, 0) is 48.9 Å². The predicted octanol–water partition coefficient (Wildman–Crippen LogP) is 2.29. The van der Waals surface area contributed by atoms with Crippen molar-refractivity contribution in [1.29, 1.82) is 0 Å². The van der Waals surface area contributed by atoms with E-state index in [0.29, 0.717) is 29.4 Å². The van der Waals surface area contributed by atoms with Gasteiger partial charge in [-0.2, -0.15) is 0 Å². The van der Waals surface area contributed by atoms with Gasteiger partial charge in [-0.1, -0.05) is 6.07 Å². The van der Waals surface area contributed by atoms with Crippen molar-refractivity contribution in [1.82, 2.24) is 5.32 Å². The molecule has 1 aliphatic heterocycles. The van der Waals surface area contributed by atoms with E-state index in [1.807, 2.05) is 6.92 Å². The van der Waals surface area contributed by atoms with Crippen molar-refractivity contribution in [2.24, 2.45) is 0 Å². The van der Waals surface area contributed by atoms with E-state index in [1.165, 1.54) is 0 Å². The number of esters is 1. The van der Waals surface area contributed by atoms with E-state index >= 15 is 0 Å². The molecule has 0 bridgehead atoms. The van der Waals surface area contributed by atoms with Gasteiger partial charge in [-0.15, -0.1) is 0 Å². The van der Waals surface area contributed by atoms with Crippen LogP contribution in [0, 0.1) is 0 Å². The molecule has 0 radical (unpaired) electrons. The van der Waals surface area contributed by atoms with Gasteiger partial charge in [-0.3, -0.25) is 9.59 Å². The van der Waals surface area contributed by atoms with Gasteiger partial charge in [-0.25, -0.2) is 0 Å². The fraction of sp³-hybridized carbons (Fsp3) is 0.263. The maximum absolute atomic E-state index is 12.0. The Hall–Kier alpha value is -3.22. The zero-order valence-corrected chi connectivity index (χ0v) is 14.3. The van der Waals surface area contributed by atoms with Crippen molar-refractivity contribution in [3.63, 3.8) is 0 Å². The molecule has 0 saturated heterocycles. The number of hydrogen-bond donors (Lipinski definition) is 1. The van der Waals surface area contributed by atoms with Crippen molar-refractivity contribution < 1.29 is 28.5 Å². The number of carbonyl (C=O) groups is 2. The first-order valence-electron chi connectivity index (χ1n) is 8.21. The lowest BCUT2D eigenvalue weighted by Crippen LogP contribution is -2.30. The zero-order chi connectivity index (χ0) is 18.4. The highest BCUT2D eigenvalue weighted by Crippen LogP contribution is 2.32. The predicted molar refractivity (Wildman–Crippen MR) is 92.3 cm³/mol. The molecule has 136 valence electrons. The molecule has 0 fully saturated rings. The van der Waals surface area contributed by atoms with Crippen LogP contribution < -0.4 is 19.5 Å². The Morgan fingerprint density at radius 2 is 1.85 bits per heavy atom. The van der Waals surface area contributed by atoms with Crippen LogP contribution >= 0.6 is 0 Å². The molecule has 0 aromatic heterocycles. The maximum atomic E-state index is 12.0. The molecule has 0 unspecified atom stereocenters. The van der Waals surface area contributed by atoms with Crippen molar-refractivity contribution in [3.8, 4) is 17.2 Å². The maximum Gasteiger partial charge on any atom is 0.325 e. The van der Waals surface area contributed by atoms with Crippen LogP contribution in [0.5, 0.6) is 17.2 Å². The van der Waals surface area contributed by atoms with Gasteiger partial charge in [0.1, 0.15) is 18.9 Å². The summed E-state index contributed by atoms with van der Waals surface area (Å²) in [6.45, 7) is 2.51. The topological polar surface area (TPSA) is 83.1 Å². The first kappa shape index (κ1) is 17.6. The van der Waals surface area contributed by atoms with E-state index in [4.69, 9.17) is 18.9 Å². The minimum Gasteiger partial charge on any atom is -0.494 e. The van der Waals surface area contributed by atoms with E-state index < -0.39 is 5.97 Å². The van der Waals surface area contributed by atoms with Gasteiger partial charge in [0.2, 0.25) is 6.79 Å². The lowest BCUT2D eigenvalue weighted by molar-refractivity contribution is -0.143. The van der Waals surface area contributed by atoms with Crippen molar-refractivity contribution >= 4 is 11.9 Å². The Morgan fingerprint density at radius 1 is 1.08 bits per heavy atom. The summed E-state index contributed by atoms with van der Waals surface area (Å²) >= 11 is 0. The Kier molecular flexibility index (Phi) is 5.58. The zero-order valence-electron chi connectivity index (χ0n) is 14.3. The molecule has 26 heavy (non-hydrogen) atoms. The highest BCUT2D eigenvalue weighted by Gasteiger charge is 2.14. The van der Waals surface area contributed by atoms with Gasteiger partial charge in [0, 0.05) is 5.56 Å². The van der Waals surface area contributed by atoms with Crippen LogP contribution in [-0.2, 0) is 16.1 Å². The number of nitrogens with one attached hydrogen (secondary N) is 1. The second kappa shape index (κ2) is 8.24. The molecular weight excluding hydrogens is 338 g/mol. The Balaban J connectivity index is 1.44. The van der Waals surface area contributed by atoms with E-state index in [9.17, 15) is 9.59 Å². The van der Waals surface area contributed by atoms with E-state index in [2.05, 4.69) is 5.32 Å². The fourth-order valence-electron chi connectivity index (χ4n) is 2.37. The normalized spacial score (nSPS) is 11.7. The highest BCUT2D eigenvalue weighted by molar-refractivity contribution is 5.96. The largest absolute Gasteiger partial charge is 0.494 e. The summed E-state index contributed by atoms with van der Waals surface area (Å²) in [6.07, 6.45) is 0. The molecule has 0 aliphatic carbocycles. The van der Waals surface area contributed by atoms with Crippen LogP contribution in [0.2, 0.25) is 0 Å². The Morgan fingerprint density at radius 3 is 2.62 bits per heavy atom. The summed E-state index contributed by atoms with van der Waals surface area (Å²) in [5, 5.41) is 2.53. The number of amides is 1. The molecule has 0 spiro atoms. The lowest BCUT2D eigenvalue weighted by Gasteiger charge is -2.08. The van der Waals surface area contributed by atoms with Crippen LogP contribution in [-0.4, -0.2) is 31.8 Å². The molecule has 0 atom stereocenters. The minimum absolute atomic E-state index is 0.0917. The summed E-state index contributed by atoms with van der Waals surface area (Å²) in [4.78, 5) is 23.8. The molecule has 1 heterocycles. The van der Waals surface area contributed by atoms with E-state index in [1.54, 1.807) is 42.5 Å². The van der Waals surface area contributed by atoms with Gasteiger partial charge in [0.25, 0.3) is 5.91 Å². The van der Waals surface area contributed by atoms with Crippen molar-refractivity contribution in [3.05, 3.63) is 53.6 Å². The fourth-order valence-corrected chi connectivity index (χ4v) is 2.37. The number of fused-ring (bicyclic) bond motifs is 1. The number of ether oxygens (including phenoxy) is 4. The van der Waals surface area contributed by atoms with E-state index in [0.717, 1.165) is 5.56 Å². The Labute approximate surface area is 150 Å². The molecule has 0 saturated carbocycles. The molecular formula is C19H19NO6. The third-order valence-electron chi connectivity index (χ3n) is 3.66. The third kappa shape index (κ3) is 4.44. The highest BCUT2D eigenvalue weighted by atomic mass is 16.7. The van der Waals surface area contributed by atoms with Crippen molar-refractivity contribution in [2.75, 3.05) is 19.9 Å². The summed E-state index contributed by atoms with van der Waals surface area (Å²) < 4.78 is 21.0. The number of rotatable bonds is 7. The smallest absolute Gasteiger partial charge is 0.325 e. The number of hydrogen-bond acceptors (Lipinski definition) is 6. The van der Waals surface area contributed by atoms with Crippen LogP contribution in [0.15, 0.2) is 42.5 Å². The second-order valence-electron chi connectivity index (χ2n) is 5.49. The number of benzene rings is 2. The molecule has 2 aromatic rings. The molecule has 7 nitrogen and oxygen atoms in total. The van der Waals surface area contributed by atoms with Gasteiger partial charge in [0.05, 0.1) is 6.61 Å². The van der Waals surface area contributed by atoms with Crippen LogP contribution in [0.3, 0.4) is 0 Å². The van der Waals surface area contributed by atoms with Crippen molar-refractivity contribution in [2.45, 2.75) is 13.5 Å². The third-order valence-corrected chi connectivity index (χ3v) is 3.66. The minimum atomic E-state index is -0.526. The molecule has 1 amide bonds. The first-order chi connectivity index (χ1) is 12.7. The average Bonchev–Trinajstić information content (AvgIpc) is 3.13.